The van der Waals surface area contributed by atoms with Crippen LogP contribution >= 0.6 is 0 Å². The molecule has 0 spiro atoms. The minimum atomic E-state index is -1.30. The second-order valence-corrected chi connectivity index (χ2v) is 2.26. The average Bonchev–Trinajstić information content (AvgIpc) is 2.12. The number of carbonyl (C=O) groups is 2. The molecule has 0 fully saturated rings. The molecular weight excluding hydrogens is 172 g/mol. The summed E-state index contributed by atoms with van der Waals surface area (Å²) in [6, 6.07) is 0. The predicted octanol–water partition coefficient (Wildman–Crippen LogP) is 0.280. The monoisotopic (exact) mass is 182 g/mol. The molecule has 0 saturated carbocycles. The molecule has 1 atom stereocenters. The normalized spacial score (nSPS) is 10.8. The molecule has 0 aliphatic carbocycles. The van der Waals surface area contributed by atoms with Crippen molar-refractivity contribution in [2.45, 2.75) is 13.0 Å². The molecule has 0 rings (SSSR count). The van der Waals surface area contributed by atoms with Crippen LogP contribution in [0.3, 0.4) is 0 Å². The van der Waals surface area contributed by atoms with E-state index in [9.17, 15) is 9.59 Å². The minimum absolute atomic E-state index is 0.171. The van der Waals surface area contributed by atoms with E-state index in [0.29, 0.717) is 0 Å². The number of esters is 2. The van der Waals surface area contributed by atoms with Gasteiger partial charge < -0.3 is 9.47 Å². The molecule has 0 radical (unpaired) electrons. The molecule has 0 aliphatic heterocycles. The summed E-state index contributed by atoms with van der Waals surface area (Å²) in [4.78, 5) is 21.7. The van der Waals surface area contributed by atoms with Crippen molar-refractivity contribution in [1.82, 2.24) is 0 Å². The summed E-state index contributed by atoms with van der Waals surface area (Å²) in [6.07, 6.45) is 3.64. The lowest BCUT2D eigenvalue weighted by Gasteiger charge is -2.09. The van der Waals surface area contributed by atoms with E-state index in [-0.39, 0.29) is 5.57 Å². The van der Waals surface area contributed by atoms with Crippen molar-refractivity contribution in [3.63, 3.8) is 0 Å². The van der Waals surface area contributed by atoms with E-state index in [1.807, 2.05) is 5.92 Å². The molecule has 0 aromatic rings. The highest BCUT2D eigenvalue weighted by Gasteiger charge is 2.20. The Balaban J connectivity index is 4.32. The molecule has 0 saturated heterocycles. The van der Waals surface area contributed by atoms with Crippen molar-refractivity contribution < 1.29 is 19.1 Å². The van der Waals surface area contributed by atoms with Crippen LogP contribution in [0.15, 0.2) is 12.2 Å². The van der Waals surface area contributed by atoms with Gasteiger partial charge in [-0.1, -0.05) is 12.5 Å². The number of ether oxygens (including phenoxy) is 2. The summed E-state index contributed by atoms with van der Waals surface area (Å²) >= 11 is 0. The Bertz CT molecular complexity index is 272. The van der Waals surface area contributed by atoms with Crippen LogP contribution in [0.2, 0.25) is 0 Å². The fourth-order valence-electron chi connectivity index (χ4n) is 0.465. The summed E-state index contributed by atoms with van der Waals surface area (Å²) in [7, 11) is 1.15. The molecule has 0 aromatic carbocycles. The first-order chi connectivity index (χ1) is 6.02. The fourth-order valence-corrected chi connectivity index (χ4v) is 0.465. The summed E-state index contributed by atoms with van der Waals surface area (Å²) < 4.78 is 8.86. The van der Waals surface area contributed by atoms with Crippen molar-refractivity contribution in [3.8, 4) is 12.3 Å². The third kappa shape index (κ3) is 3.43. The number of hydrogen-bond donors (Lipinski definition) is 0. The van der Waals surface area contributed by atoms with Gasteiger partial charge in [-0.3, -0.25) is 0 Å². The Labute approximate surface area is 76.5 Å². The predicted molar refractivity (Wildman–Crippen MR) is 45.5 cm³/mol. The molecule has 4 nitrogen and oxygen atoms in total. The van der Waals surface area contributed by atoms with Gasteiger partial charge in [0, 0.05) is 5.57 Å². The topological polar surface area (TPSA) is 52.6 Å². The van der Waals surface area contributed by atoms with E-state index in [0.717, 1.165) is 7.11 Å². The van der Waals surface area contributed by atoms with E-state index in [1.165, 1.54) is 6.92 Å². The maximum atomic E-state index is 10.9. The van der Waals surface area contributed by atoms with Gasteiger partial charge >= 0.3 is 11.9 Å². The zero-order valence-corrected chi connectivity index (χ0v) is 7.49. The van der Waals surface area contributed by atoms with Gasteiger partial charge in [-0.2, -0.15) is 0 Å². The number of terminal acetylenes is 1. The second kappa shape index (κ2) is 4.99. The standard InChI is InChI=1S/C9H10O4/c1-5-7(9(11)12-4)13-8(10)6(2)3/h1,7H,2H2,3-4H3. The van der Waals surface area contributed by atoms with Gasteiger partial charge in [-0.15, -0.1) is 6.42 Å². The lowest BCUT2D eigenvalue weighted by atomic mass is 10.3. The SMILES string of the molecule is C#CC(OC(=O)C(=C)C)C(=O)OC. The van der Waals surface area contributed by atoms with E-state index in [1.54, 1.807) is 0 Å². The molecule has 13 heavy (non-hydrogen) atoms. The van der Waals surface area contributed by atoms with Gasteiger partial charge in [0.25, 0.3) is 6.10 Å². The quantitative estimate of drug-likeness (QED) is 0.357. The molecule has 4 heteroatoms. The first kappa shape index (κ1) is 11.2. The van der Waals surface area contributed by atoms with Gasteiger partial charge in [0.05, 0.1) is 7.11 Å². The number of rotatable bonds is 3. The Morgan fingerprint density at radius 3 is 2.38 bits per heavy atom. The van der Waals surface area contributed by atoms with Crippen molar-refractivity contribution in [2.24, 2.45) is 0 Å². The Kier molecular flexibility index (Phi) is 4.31. The van der Waals surface area contributed by atoms with Crippen molar-refractivity contribution in [3.05, 3.63) is 12.2 Å². The molecule has 0 heterocycles. The number of methoxy groups -OCH3 is 1. The van der Waals surface area contributed by atoms with Crippen LogP contribution in [0, 0.1) is 12.3 Å². The van der Waals surface area contributed by atoms with Gasteiger partial charge in [-0.25, -0.2) is 9.59 Å². The molecule has 70 valence electrons. The Morgan fingerprint density at radius 1 is 1.54 bits per heavy atom. The molecular formula is C9H10O4. The van der Waals surface area contributed by atoms with E-state index >= 15 is 0 Å². The Morgan fingerprint density at radius 2 is 2.08 bits per heavy atom. The highest BCUT2D eigenvalue weighted by molar-refractivity contribution is 5.90. The molecule has 1 unspecified atom stereocenters. The highest BCUT2D eigenvalue weighted by atomic mass is 16.6. The van der Waals surface area contributed by atoms with Crippen molar-refractivity contribution in [2.75, 3.05) is 7.11 Å². The van der Waals surface area contributed by atoms with Crippen LogP contribution < -0.4 is 0 Å². The van der Waals surface area contributed by atoms with Crippen LogP contribution in [-0.2, 0) is 19.1 Å². The first-order valence-electron chi connectivity index (χ1n) is 3.43. The maximum absolute atomic E-state index is 10.9. The van der Waals surface area contributed by atoms with E-state index < -0.39 is 18.0 Å². The zero-order valence-electron chi connectivity index (χ0n) is 7.49. The molecule has 0 amide bonds. The molecule has 0 N–H and O–H groups in total. The van der Waals surface area contributed by atoms with Gasteiger partial charge in [0.1, 0.15) is 0 Å². The summed E-state index contributed by atoms with van der Waals surface area (Å²) in [5, 5.41) is 0. The fraction of sp³-hybridized carbons (Fsp3) is 0.333. The van der Waals surface area contributed by atoms with Gasteiger partial charge in [0.15, 0.2) is 0 Å². The number of hydrogen-bond acceptors (Lipinski definition) is 4. The second-order valence-electron chi connectivity index (χ2n) is 2.26. The zero-order chi connectivity index (χ0) is 10.4. The Hall–Kier alpha value is -1.76. The maximum Gasteiger partial charge on any atom is 0.360 e. The smallest absolute Gasteiger partial charge is 0.360 e. The van der Waals surface area contributed by atoms with Crippen LogP contribution in [0.1, 0.15) is 6.92 Å². The third-order valence-corrected chi connectivity index (χ3v) is 1.14. The van der Waals surface area contributed by atoms with Crippen LogP contribution in [0.25, 0.3) is 0 Å². The van der Waals surface area contributed by atoms with Crippen LogP contribution in [0.4, 0.5) is 0 Å². The van der Waals surface area contributed by atoms with Gasteiger partial charge in [-0.05, 0) is 6.92 Å². The number of carbonyl (C=O) groups excluding carboxylic acids is 2. The molecule has 0 aliphatic rings. The molecule has 0 aromatic heterocycles. The lowest BCUT2D eigenvalue weighted by Crippen LogP contribution is -2.27. The summed E-state index contributed by atoms with van der Waals surface area (Å²) in [5.41, 5.74) is 0.171. The lowest BCUT2D eigenvalue weighted by molar-refractivity contribution is -0.159. The van der Waals surface area contributed by atoms with E-state index in [4.69, 9.17) is 6.42 Å². The first-order valence-corrected chi connectivity index (χ1v) is 3.43. The molecule has 0 bridgehead atoms. The summed E-state index contributed by atoms with van der Waals surface area (Å²) in [6.45, 7) is 4.78. The summed E-state index contributed by atoms with van der Waals surface area (Å²) in [5.74, 6) is 0.485. The third-order valence-electron chi connectivity index (χ3n) is 1.14. The van der Waals surface area contributed by atoms with Gasteiger partial charge in [0.2, 0.25) is 0 Å². The van der Waals surface area contributed by atoms with Crippen molar-refractivity contribution in [1.29, 1.82) is 0 Å². The van der Waals surface area contributed by atoms with Crippen LogP contribution in [0.5, 0.6) is 0 Å². The van der Waals surface area contributed by atoms with Crippen molar-refractivity contribution >= 4 is 11.9 Å². The van der Waals surface area contributed by atoms with Crippen LogP contribution in [-0.4, -0.2) is 25.2 Å². The van der Waals surface area contributed by atoms with E-state index in [2.05, 4.69) is 16.1 Å². The largest absolute Gasteiger partial charge is 0.466 e. The minimum Gasteiger partial charge on any atom is -0.466 e. The highest BCUT2D eigenvalue weighted by Crippen LogP contribution is 1.99. The average molecular weight is 182 g/mol.